The summed E-state index contributed by atoms with van der Waals surface area (Å²) in [6, 6.07) is 14.2. The number of hydrogen-bond donors (Lipinski definition) is 0. The molecule has 0 aromatic heterocycles. The van der Waals surface area contributed by atoms with E-state index < -0.39 is 0 Å². The van der Waals surface area contributed by atoms with Crippen LogP contribution in [0.4, 0.5) is 0 Å². The minimum Gasteiger partial charge on any atom is -0.294 e. The molecule has 0 amide bonds. The second-order valence-corrected chi connectivity index (χ2v) is 5.89. The molecule has 2 rings (SSSR count). The summed E-state index contributed by atoms with van der Waals surface area (Å²) in [4.78, 5) is 13.4. The van der Waals surface area contributed by atoms with Crippen LogP contribution in [0.15, 0.2) is 47.4 Å². The summed E-state index contributed by atoms with van der Waals surface area (Å²) in [5.74, 6) is 0.221. The molecule has 0 aliphatic rings. The van der Waals surface area contributed by atoms with Gasteiger partial charge in [-0.05, 0) is 55.3 Å². The van der Waals surface area contributed by atoms with E-state index in [1.165, 1.54) is 21.6 Å². The molecule has 0 bridgehead atoms. The Morgan fingerprint density at radius 3 is 2.40 bits per heavy atom. The van der Waals surface area contributed by atoms with Crippen molar-refractivity contribution in [1.82, 2.24) is 0 Å². The van der Waals surface area contributed by atoms with E-state index in [4.69, 9.17) is 0 Å². The van der Waals surface area contributed by atoms with Crippen LogP contribution in [0, 0.1) is 13.8 Å². The van der Waals surface area contributed by atoms with Gasteiger partial charge >= 0.3 is 0 Å². The Morgan fingerprint density at radius 1 is 1.05 bits per heavy atom. The Morgan fingerprint density at radius 2 is 1.75 bits per heavy atom. The molecule has 2 aromatic rings. The maximum absolute atomic E-state index is 12.2. The fourth-order valence-corrected chi connectivity index (χ4v) is 2.66. The molecule has 0 radical (unpaired) electrons. The summed E-state index contributed by atoms with van der Waals surface area (Å²) in [5, 5.41) is 0. The van der Waals surface area contributed by atoms with Crippen LogP contribution >= 0.6 is 11.8 Å². The maximum atomic E-state index is 12.2. The van der Waals surface area contributed by atoms with Crippen molar-refractivity contribution in [3.63, 3.8) is 0 Å². The van der Waals surface area contributed by atoms with Crippen molar-refractivity contribution in [2.75, 3.05) is 6.26 Å². The highest BCUT2D eigenvalue weighted by molar-refractivity contribution is 7.98. The lowest BCUT2D eigenvalue weighted by Gasteiger charge is -2.08. The molecule has 0 spiro atoms. The van der Waals surface area contributed by atoms with Crippen LogP contribution in [0.3, 0.4) is 0 Å². The lowest BCUT2D eigenvalue weighted by molar-refractivity contribution is 0.0983. The van der Waals surface area contributed by atoms with Crippen molar-refractivity contribution in [2.24, 2.45) is 0 Å². The quantitative estimate of drug-likeness (QED) is 0.577. The molecule has 2 aromatic carbocycles. The number of thioether (sulfide) groups is 1. The molecule has 0 fully saturated rings. The highest BCUT2D eigenvalue weighted by atomic mass is 32.2. The number of aryl methyl sites for hydroxylation is 2. The van der Waals surface area contributed by atoms with Crippen molar-refractivity contribution in [2.45, 2.75) is 31.6 Å². The highest BCUT2D eigenvalue weighted by Gasteiger charge is 2.08. The standard InChI is InChI=1S/C18H20OS/c1-13-5-4-6-15(14(13)2)9-12-18(19)16-7-10-17(20-3)11-8-16/h4-8,10-11H,9,12H2,1-3H3. The zero-order valence-corrected chi connectivity index (χ0v) is 13.1. The van der Waals surface area contributed by atoms with E-state index in [9.17, 15) is 4.79 Å². The van der Waals surface area contributed by atoms with E-state index in [1.807, 2.05) is 30.5 Å². The van der Waals surface area contributed by atoms with Crippen molar-refractivity contribution in [1.29, 1.82) is 0 Å². The van der Waals surface area contributed by atoms with Gasteiger partial charge in [-0.3, -0.25) is 4.79 Å². The molecule has 1 nitrogen and oxygen atoms in total. The number of benzene rings is 2. The summed E-state index contributed by atoms with van der Waals surface area (Å²) < 4.78 is 0. The van der Waals surface area contributed by atoms with Crippen LogP contribution in [0.5, 0.6) is 0 Å². The van der Waals surface area contributed by atoms with E-state index in [-0.39, 0.29) is 5.78 Å². The van der Waals surface area contributed by atoms with Crippen molar-refractivity contribution >= 4 is 17.5 Å². The molecule has 104 valence electrons. The van der Waals surface area contributed by atoms with Crippen LogP contribution in [0.1, 0.15) is 33.5 Å². The van der Waals surface area contributed by atoms with Gasteiger partial charge in [0.2, 0.25) is 0 Å². The van der Waals surface area contributed by atoms with E-state index in [2.05, 4.69) is 32.0 Å². The lowest BCUT2D eigenvalue weighted by atomic mass is 9.97. The number of hydrogen-bond acceptors (Lipinski definition) is 2. The summed E-state index contributed by atoms with van der Waals surface area (Å²) in [6.07, 6.45) is 3.43. The molecular weight excluding hydrogens is 264 g/mol. The first kappa shape index (κ1) is 14.9. The SMILES string of the molecule is CSc1ccc(C(=O)CCc2cccc(C)c2C)cc1. The largest absolute Gasteiger partial charge is 0.294 e. The summed E-state index contributed by atoms with van der Waals surface area (Å²) in [5.41, 5.74) is 4.68. The lowest BCUT2D eigenvalue weighted by Crippen LogP contribution is -2.02. The van der Waals surface area contributed by atoms with Gasteiger partial charge in [-0.2, -0.15) is 0 Å². The van der Waals surface area contributed by atoms with Crippen LogP contribution in [0.2, 0.25) is 0 Å². The third-order valence-electron chi connectivity index (χ3n) is 3.75. The van der Waals surface area contributed by atoms with Gasteiger partial charge in [0.05, 0.1) is 0 Å². The van der Waals surface area contributed by atoms with Crippen LogP contribution in [-0.2, 0) is 6.42 Å². The van der Waals surface area contributed by atoms with E-state index in [0.717, 1.165) is 12.0 Å². The molecule has 2 heteroatoms. The smallest absolute Gasteiger partial charge is 0.163 e. The molecule has 0 saturated carbocycles. The van der Waals surface area contributed by atoms with Crippen molar-refractivity contribution < 1.29 is 4.79 Å². The van der Waals surface area contributed by atoms with Gasteiger partial charge in [-0.15, -0.1) is 11.8 Å². The Hall–Kier alpha value is -1.54. The topological polar surface area (TPSA) is 17.1 Å². The Bertz CT molecular complexity index is 599. The molecule has 0 aliphatic carbocycles. The molecule has 0 N–H and O–H groups in total. The number of carbonyl (C=O) groups is 1. The molecule has 0 aliphatic heterocycles. The summed E-state index contributed by atoms with van der Waals surface area (Å²) in [6.45, 7) is 4.24. The van der Waals surface area contributed by atoms with Crippen LogP contribution < -0.4 is 0 Å². The van der Waals surface area contributed by atoms with E-state index >= 15 is 0 Å². The highest BCUT2D eigenvalue weighted by Crippen LogP contribution is 2.18. The van der Waals surface area contributed by atoms with Gasteiger partial charge in [-0.25, -0.2) is 0 Å². The second kappa shape index (κ2) is 6.76. The first-order chi connectivity index (χ1) is 9.61. The molecule has 20 heavy (non-hydrogen) atoms. The number of rotatable bonds is 5. The normalized spacial score (nSPS) is 10.6. The molecule has 0 unspecified atom stereocenters. The van der Waals surface area contributed by atoms with E-state index in [0.29, 0.717) is 6.42 Å². The minimum absolute atomic E-state index is 0.221. The molecular formula is C18H20OS. The number of Topliss-reactive ketones (excluding diaryl/α,β-unsaturated/α-hetero) is 1. The molecule has 0 atom stereocenters. The number of ketones is 1. The fourth-order valence-electron chi connectivity index (χ4n) is 2.25. The zero-order valence-electron chi connectivity index (χ0n) is 12.3. The summed E-state index contributed by atoms with van der Waals surface area (Å²) >= 11 is 1.69. The van der Waals surface area contributed by atoms with Crippen molar-refractivity contribution in [3.05, 3.63) is 64.7 Å². The Kier molecular flexibility index (Phi) is 5.02. The molecule has 0 saturated heterocycles. The minimum atomic E-state index is 0.221. The van der Waals surface area contributed by atoms with E-state index in [1.54, 1.807) is 11.8 Å². The third kappa shape index (κ3) is 3.51. The summed E-state index contributed by atoms with van der Waals surface area (Å²) in [7, 11) is 0. The van der Waals surface area contributed by atoms with Gasteiger partial charge in [0, 0.05) is 16.9 Å². The van der Waals surface area contributed by atoms with Gasteiger partial charge in [0.15, 0.2) is 5.78 Å². The van der Waals surface area contributed by atoms with Gasteiger partial charge < -0.3 is 0 Å². The first-order valence-electron chi connectivity index (χ1n) is 6.84. The monoisotopic (exact) mass is 284 g/mol. The fraction of sp³-hybridized carbons (Fsp3) is 0.278. The maximum Gasteiger partial charge on any atom is 0.163 e. The van der Waals surface area contributed by atoms with Gasteiger partial charge in [-0.1, -0.05) is 30.3 Å². The molecule has 0 heterocycles. The first-order valence-corrected chi connectivity index (χ1v) is 8.06. The van der Waals surface area contributed by atoms with Gasteiger partial charge in [0.1, 0.15) is 0 Å². The van der Waals surface area contributed by atoms with Crippen molar-refractivity contribution in [3.8, 4) is 0 Å². The predicted octanol–water partition coefficient (Wildman–Crippen LogP) is 4.84. The predicted molar refractivity (Wildman–Crippen MR) is 86.8 cm³/mol. The van der Waals surface area contributed by atoms with Crippen LogP contribution in [-0.4, -0.2) is 12.0 Å². The third-order valence-corrected chi connectivity index (χ3v) is 4.49. The Balaban J connectivity index is 2.02. The Labute approximate surface area is 125 Å². The van der Waals surface area contributed by atoms with Gasteiger partial charge in [0.25, 0.3) is 0 Å². The average molecular weight is 284 g/mol. The number of carbonyl (C=O) groups excluding carboxylic acids is 1. The van der Waals surface area contributed by atoms with Crippen LogP contribution in [0.25, 0.3) is 0 Å². The second-order valence-electron chi connectivity index (χ2n) is 5.01. The zero-order chi connectivity index (χ0) is 14.5. The average Bonchev–Trinajstić information content (AvgIpc) is 2.48.